The van der Waals surface area contributed by atoms with Gasteiger partial charge in [-0.15, -0.1) is 5.10 Å². The number of carbonyl (C=O) groups excluding carboxylic acids is 2. The van der Waals surface area contributed by atoms with Gasteiger partial charge in [0.2, 0.25) is 11.8 Å². The zero-order valence-corrected chi connectivity index (χ0v) is 22.9. The van der Waals surface area contributed by atoms with E-state index in [4.69, 9.17) is 11.6 Å². The summed E-state index contributed by atoms with van der Waals surface area (Å²) >= 11 is 5.91. The van der Waals surface area contributed by atoms with Gasteiger partial charge in [-0.05, 0) is 61.6 Å². The van der Waals surface area contributed by atoms with Crippen LogP contribution in [0.3, 0.4) is 0 Å². The number of para-hydroxylation sites is 1. The molecule has 0 bridgehead atoms. The Labute approximate surface area is 233 Å². The summed E-state index contributed by atoms with van der Waals surface area (Å²) in [7, 11) is 0. The van der Waals surface area contributed by atoms with Crippen LogP contribution in [0.2, 0.25) is 5.02 Å². The maximum atomic E-state index is 12.6. The predicted molar refractivity (Wildman–Crippen MR) is 154 cm³/mol. The third-order valence-electron chi connectivity index (χ3n) is 7.29. The second-order valence-electron chi connectivity index (χ2n) is 10.4. The molecule has 0 unspecified atom stereocenters. The number of anilines is 1. The van der Waals surface area contributed by atoms with E-state index in [0.29, 0.717) is 29.7 Å². The molecular weight excluding hydrogens is 512 g/mol. The van der Waals surface area contributed by atoms with Crippen LogP contribution >= 0.6 is 11.6 Å². The van der Waals surface area contributed by atoms with Crippen molar-refractivity contribution in [3.05, 3.63) is 77.2 Å². The van der Waals surface area contributed by atoms with Crippen molar-refractivity contribution in [2.75, 3.05) is 5.32 Å². The van der Waals surface area contributed by atoms with Gasteiger partial charge in [0, 0.05) is 40.3 Å². The lowest BCUT2D eigenvalue weighted by molar-refractivity contribution is -0.122. The van der Waals surface area contributed by atoms with E-state index in [1.807, 2.05) is 12.1 Å². The first-order valence-electron chi connectivity index (χ1n) is 13.8. The highest BCUT2D eigenvalue weighted by Gasteiger charge is 2.16. The zero-order chi connectivity index (χ0) is 27.0. The van der Waals surface area contributed by atoms with E-state index >= 15 is 0 Å². The molecule has 0 saturated heterocycles. The fourth-order valence-electron chi connectivity index (χ4n) is 5.36. The van der Waals surface area contributed by atoms with Gasteiger partial charge < -0.3 is 15.2 Å². The highest BCUT2D eigenvalue weighted by atomic mass is 35.5. The molecule has 5 rings (SSSR count). The molecule has 39 heavy (non-hydrogen) atoms. The number of aryl methyl sites for hydroxylation is 1. The molecule has 1 fully saturated rings. The fraction of sp³-hybridized carbons (Fsp3) is 0.400. The SMILES string of the molecule is O=C(Cn1cc(Cn2cc(CCCC(=O)NC3CCCCCC3)c3ccccc32)nn1)Nc1ccc(Cl)cc1. The zero-order valence-electron chi connectivity index (χ0n) is 22.1. The van der Waals surface area contributed by atoms with Gasteiger partial charge in [0.1, 0.15) is 12.2 Å². The van der Waals surface area contributed by atoms with Gasteiger partial charge in [0.25, 0.3) is 0 Å². The van der Waals surface area contributed by atoms with Crippen LogP contribution in [-0.2, 0) is 29.1 Å². The van der Waals surface area contributed by atoms with Crippen molar-refractivity contribution in [2.24, 2.45) is 0 Å². The van der Waals surface area contributed by atoms with E-state index in [1.54, 1.807) is 35.1 Å². The van der Waals surface area contributed by atoms with Gasteiger partial charge >= 0.3 is 0 Å². The number of carbonyl (C=O) groups is 2. The fourth-order valence-corrected chi connectivity index (χ4v) is 5.49. The van der Waals surface area contributed by atoms with Gasteiger partial charge in [-0.1, -0.05) is 60.7 Å². The summed E-state index contributed by atoms with van der Waals surface area (Å²) in [5.41, 5.74) is 3.79. The minimum atomic E-state index is -0.189. The largest absolute Gasteiger partial charge is 0.353 e. The molecule has 1 aliphatic carbocycles. The van der Waals surface area contributed by atoms with E-state index in [-0.39, 0.29) is 18.4 Å². The van der Waals surface area contributed by atoms with Crippen molar-refractivity contribution in [2.45, 2.75) is 76.9 Å². The van der Waals surface area contributed by atoms with Gasteiger partial charge in [-0.3, -0.25) is 9.59 Å². The highest BCUT2D eigenvalue weighted by Crippen LogP contribution is 2.24. The van der Waals surface area contributed by atoms with Crippen LogP contribution < -0.4 is 10.6 Å². The quantitative estimate of drug-likeness (QED) is 0.248. The number of nitrogens with one attached hydrogen (secondary N) is 2. The number of halogens is 1. The Morgan fingerprint density at radius 1 is 0.949 bits per heavy atom. The maximum Gasteiger partial charge on any atom is 0.246 e. The lowest BCUT2D eigenvalue weighted by Gasteiger charge is -2.16. The Hall–Kier alpha value is -3.65. The van der Waals surface area contributed by atoms with E-state index in [1.165, 1.54) is 36.6 Å². The van der Waals surface area contributed by atoms with Gasteiger partial charge in [-0.2, -0.15) is 0 Å². The number of benzene rings is 2. The highest BCUT2D eigenvalue weighted by molar-refractivity contribution is 6.30. The molecule has 2 aromatic heterocycles. The van der Waals surface area contributed by atoms with Crippen LogP contribution in [-0.4, -0.2) is 37.4 Å². The van der Waals surface area contributed by atoms with E-state index < -0.39 is 0 Å². The second-order valence-corrected chi connectivity index (χ2v) is 10.8. The molecule has 2 heterocycles. The smallest absolute Gasteiger partial charge is 0.246 e. The number of aromatic nitrogens is 4. The van der Waals surface area contributed by atoms with E-state index in [9.17, 15) is 9.59 Å². The molecule has 1 saturated carbocycles. The summed E-state index contributed by atoms with van der Waals surface area (Å²) < 4.78 is 3.71. The first-order valence-corrected chi connectivity index (χ1v) is 14.2. The average molecular weight is 547 g/mol. The van der Waals surface area contributed by atoms with Gasteiger partial charge in [-0.25, -0.2) is 4.68 Å². The van der Waals surface area contributed by atoms with Crippen molar-refractivity contribution in [1.29, 1.82) is 0 Å². The van der Waals surface area contributed by atoms with Gasteiger partial charge in [0.05, 0.1) is 12.7 Å². The molecule has 0 atom stereocenters. The standard InChI is InChI=1S/C30H35ClN6O2/c31-23-14-16-25(17-15-23)33-30(39)21-37-20-26(34-35-37)19-36-18-22(27-11-5-6-12-28(27)36)8-7-13-29(38)32-24-9-3-1-2-4-10-24/h5-6,11-12,14-18,20,24H,1-4,7-10,13,19,21H2,(H,32,38)(H,33,39). The van der Waals surface area contributed by atoms with Crippen LogP contribution in [0.15, 0.2) is 60.9 Å². The lowest BCUT2D eigenvalue weighted by Crippen LogP contribution is -2.34. The van der Waals surface area contributed by atoms with Crippen molar-refractivity contribution >= 4 is 40.0 Å². The molecule has 204 valence electrons. The molecule has 0 spiro atoms. The Morgan fingerprint density at radius 2 is 1.72 bits per heavy atom. The Morgan fingerprint density at radius 3 is 2.51 bits per heavy atom. The number of nitrogens with zero attached hydrogens (tertiary/aromatic N) is 4. The summed E-state index contributed by atoms with van der Waals surface area (Å²) in [5, 5.41) is 16.3. The third kappa shape index (κ3) is 7.47. The van der Waals surface area contributed by atoms with E-state index in [2.05, 4.69) is 43.8 Å². The number of hydrogen-bond acceptors (Lipinski definition) is 4. The Kier molecular flexibility index (Phi) is 8.93. The Bertz CT molecular complexity index is 1400. The van der Waals surface area contributed by atoms with Crippen LogP contribution in [0, 0.1) is 0 Å². The van der Waals surface area contributed by atoms with Gasteiger partial charge in [0.15, 0.2) is 0 Å². The van der Waals surface area contributed by atoms with Crippen molar-refractivity contribution < 1.29 is 9.59 Å². The first-order chi connectivity index (χ1) is 19.0. The molecule has 4 aromatic rings. The minimum absolute atomic E-state index is 0.0657. The predicted octanol–water partition coefficient (Wildman–Crippen LogP) is 5.73. The topological polar surface area (TPSA) is 93.8 Å². The van der Waals surface area contributed by atoms with Crippen LogP contribution in [0.4, 0.5) is 5.69 Å². The summed E-state index contributed by atoms with van der Waals surface area (Å²) in [5.74, 6) is -0.0205. The molecule has 0 radical (unpaired) electrons. The van der Waals surface area contributed by atoms with Crippen LogP contribution in [0.1, 0.15) is 62.6 Å². The summed E-state index contributed by atoms with van der Waals surface area (Å²) in [6, 6.07) is 15.6. The van der Waals surface area contributed by atoms with Crippen molar-refractivity contribution in [3.8, 4) is 0 Å². The molecule has 1 aliphatic rings. The van der Waals surface area contributed by atoms with Crippen molar-refractivity contribution in [3.63, 3.8) is 0 Å². The molecule has 0 aliphatic heterocycles. The third-order valence-corrected chi connectivity index (χ3v) is 7.55. The van der Waals surface area contributed by atoms with Crippen LogP contribution in [0.25, 0.3) is 10.9 Å². The molecular formula is C30H35ClN6O2. The second kappa shape index (κ2) is 12.9. The van der Waals surface area contributed by atoms with Crippen LogP contribution in [0.5, 0.6) is 0 Å². The first kappa shape index (κ1) is 26.9. The summed E-state index contributed by atoms with van der Waals surface area (Å²) in [4.78, 5) is 25.0. The lowest BCUT2D eigenvalue weighted by atomic mass is 10.1. The number of hydrogen-bond donors (Lipinski definition) is 2. The van der Waals surface area contributed by atoms with E-state index in [0.717, 1.165) is 36.9 Å². The Balaban J connectivity index is 1.17. The summed E-state index contributed by atoms with van der Waals surface area (Å²) in [6.45, 7) is 0.609. The molecule has 8 nitrogen and oxygen atoms in total. The monoisotopic (exact) mass is 546 g/mol. The molecule has 2 N–H and O–H groups in total. The number of fused-ring (bicyclic) bond motifs is 1. The number of rotatable bonds is 10. The summed E-state index contributed by atoms with van der Waals surface area (Å²) in [6.07, 6.45) is 13.4. The maximum absolute atomic E-state index is 12.6. The van der Waals surface area contributed by atoms with Crippen molar-refractivity contribution in [1.82, 2.24) is 24.9 Å². The minimum Gasteiger partial charge on any atom is -0.353 e. The number of amides is 2. The molecule has 9 heteroatoms. The normalized spacial score (nSPS) is 14.3. The average Bonchev–Trinajstić information content (AvgIpc) is 3.40. The molecule has 2 amide bonds. The molecule has 2 aromatic carbocycles.